The minimum atomic E-state index is 0.667. The summed E-state index contributed by atoms with van der Waals surface area (Å²) in [6, 6.07) is 8.61. The summed E-state index contributed by atoms with van der Waals surface area (Å²) < 4.78 is 2.36. The van der Waals surface area contributed by atoms with Crippen LogP contribution in [0.4, 0.5) is 0 Å². The molecule has 0 saturated heterocycles. The van der Waals surface area contributed by atoms with Crippen molar-refractivity contribution < 1.29 is 0 Å². The average molecular weight is 266 g/mol. The molecular formula is C13H16BrN. The highest BCUT2D eigenvalue weighted by molar-refractivity contribution is 9.09. The van der Waals surface area contributed by atoms with Crippen LogP contribution in [0.3, 0.4) is 0 Å². The molecule has 2 heteroatoms. The SMILES string of the molecule is Cc1cn(CC(C)CBr)c2ccccc12. The van der Waals surface area contributed by atoms with E-state index in [1.165, 1.54) is 16.5 Å². The lowest BCUT2D eigenvalue weighted by Crippen LogP contribution is -2.07. The van der Waals surface area contributed by atoms with Crippen molar-refractivity contribution >= 4 is 26.8 Å². The van der Waals surface area contributed by atoms with E-state index in [1.807, 2.05) is 0 Å². The summed E-state index contributed by atoms with van der Waals surface area (Å²) in [5.41, 5.74) is 2.72. The van der Waals surface area contributed by atoms with Crippen LogP contribution in [0.25, 0.3) is 10.9 Å². The van der Waals surface area contributed by atoms with Crippen molar-refractivity contribution in [1.82, 2.24) is 4.57 Å². The fourth-order valence-electron chi connectivity index (χ4n) is 1.97. The molecule has 1 aromatic heterocycles. The molecule has 0 amide bonds. The molecule has 0 bridgehead atoms. The molecule has 1 unspecified atom stereocenters. The van der Waals surface area contributed by atoms with Crippen LogP contribution in [-0.4, -0.2) is 9.90 Å². The van der Waals surface area contributed by atoms with E-state index >= 15 is 0 Å². The van der Waals surface area contributed by atoms with Crippen molar-refractivity contribution in [2.45, 2.75) is 20.4 Å². The van der Waals surface area contributed by atoms with Gasteiger partial charge in [-0.1, -0.05) is 41.1 Å². The number of hydrogen-bond donors (Lipinski definition) is 0. The van der Waals surface area contributed by atoms with Crippen LogP contribution in [0.5, 0.6) is 0 Å². The number of halogens is 1. The molecule has 0 spiro atoms. The second-order valence-corrected chi connectivity index (χ2v) is 4.89. The van der Waals surface area contributed by atoms with Crippen LogP contribution in [0, 0.1) is 12.8 Å². The molecule has 15 heavy (non-hydrogen) atoms. The first-order chi connectivity index (χ1) is 7.22. The van der Waals surface area contributed by atoms with Crippen molar-refractivity contribution in [3.8, 4) is 0 Å². The lowest BCUT2D eigenvalue weighted by Gasteiger charge is -2.10. The average Bonchev–Trinajstić information content (AvgIpc) is 2.57. The van der Waals surface area contributed by atoms with Crippen molar-refractivity contribution in [2.24, 2.45) is 5.92 Å². The number of para-hydroxylation sites is 1. The van der Waals surface area contributed by atoms with Crippen molar-refractivity contribution in [3.05, 3.63) is 36.0 Å². The maximum Gasteiger partial charge on any atom is 0.0483 e. The molecule has 0 aliphatic carbocycles. The van der Waals surface area contributed by atoms with Gasteiger partial charge in [0.1, 0.15) is 0 Å². The Morgan fingerprint density at radius 2 is 2.07 bits per heavy atom. The van der Waals surface area contributed by atoms with Gasteiger partial charge in [0.05, 0.1) is 0 Å². The number of benzene rings is 1. The van der Waals surface area contributed by atoms with Gasteiger partial charge >= 0.3 is 0 Å². The zero-order chi connectivity index (χ0) is 10.8. The predicted octanol–water partition coefficient (Wildman–Crippen LogP) is 3.98. The van der Waals surface area contributed by atoms with Crippen molar-refractivity contribution in [1.29, 1.82) is 0 Å². The van der Waals surface area contributed by atoms with Gasteiger partial charge in [0.2, 0.25) is 0 Å². The highest BCUT2D eigenvalue weighted by Crippen LogP contribution is 2.21. The highest BCUT2D eigenvalue weighted by Gasteiger charge is 2.07. The Kier molecular flexibility index (Phi) is 3.15. The summed E-state index contributed by atoms with van der Waals surface area (Å²) in [6.07, 6.45) is 2.25. The molecule has 80 valence electrons. The summed E-state index contributed by atoms with van der Waals surface area (Å²) in [6.45, 7) is 5.52. The molecule has 1 aromatic carbocycles. The fraction of sp³-hybridized carbons (Fsp3) is 0.385. The summed E-state index contributed by atoms with van der Waals surface area (Å²) in [5.74, 6) is 0.667. The third-order valence-corrected chi connectivity index (χ3v) is 3.86. The van der Waals surface area contributed by atoms with E-state index < -0.39 is 0 Å². The molecule has 0 aliphatic rings. The third-order valence-electron chi connectivity index (χ3n) is 2.76. The molecule has 0 N–H and O–H groups in total. The van der Waals surface area contributed by atoms with E-state index in [0.29, 0.717) is 5.92 Å². The first-order valence-electron chi connectivity index (χ1n) is 5.33. The predicted molar refractivity (Wildman–Crippen MR) is 69.6 cm³/mol. The number of rotatable bonds is 3. The first-order valence-corrected chi connectivity index (χ1v) is 6.45. The number of nitrogens with zero attached hydrogens (tertiary/aromatic N) is 1. The second kappa shape index (κ2) is 4.40. The Morgan fingerprint density at radius 3 is 2.80 bits per heavy atom. The molecular weight excluding hydrogens is 250 g/mol. The quantitative estimate of drug-likeness (QED) is 0.740. The Balaban J connectivity index is 2.43. The molecule has 2 aromatic rings. The largest absolute Gasteiger partial charge is 0.347 e. The molecule has 0 fully saturated rings. The van der Waals surface area contributed by atoms with Crippen molar-refractivity contribution in [2.75, 3.05) is 5.33 Å². The van der Waals surface area contributed by atoms with E-state index in [2.05, 4.69) is 64.8 Å². The van der Waals surface area contributed by atoms with Gasteiger partial charge < -0.3 is 4.57 Å². The zero-order valence-electron chi connectivity index (χ0n) is 9.20. The lowest BCUT2D eigenvalue weighted by molar-refractivity contribution is 0.545. The highest BCUT2D eigenvalue weighted by atomic mass is 79.9. The van der Waals surface area contributed by atoms with E-state index in [1.54, 1.807) is 0 Å². The summed E-state index contributed by atoms with van der Waals surface area (Å²) in [7, 11) is 0. The van der Waals surface area contributed by atoms with E-state index in [9.17, 15) is 0 Å². The Morgan fingerprint density at radius 1 is 1.33 bits per heavy atom. The van der Waals surface area contributed by atoms with Crippen LogP contribution in [-0.2, 0) is 6.54 Å². The zero-order valence-corrected chi connectivity index (χ0v) is 10.8. The number of hydrogen-bond acceptors (Lipinski definition) is 0. The lowest BCUT2D eigenvalue weighted by atomic mass is 10.2. The standard InChI is InChI=1S/C13H16BrN/c1-10(7-14)8-15-9-11(2)12-5-3-4-6-13(12)15/h3-6,9-10H,7-8H2,1-2H3. The fourth-order valence-corrected chi connectivity index (χ4v) is 2.17. The number of fused-ring (bicyclic) bond motifs is 1. The smallest absolute Gasteiger partial charge is 0.0483 e. The Bertz CT molecular complexity index is 459. The molecule has 2 rings (SSSR count). The topological polar surface area (TPSA) is 4.93 Å². The van der Waals surface area contributed by atoms with E-state index in [4.69, 9.17) is 0 Å². The minimum Gasteiger partial charge on any atom is -0.347 e. The molecule has 1 atom stereocenters. The Hall–Kier alpha value is -0.760. The summed E-state index contributed by atoms with van der Waals surface area (Å²) >= 11 is 3.53. The van der Waals surface area contributed by atoms with Crippen molar-refractivity contribution in [3.63, 3.8) is 0 Å². The van der Waals surface area contributed by atoms with Crippen LogP contribution in [0.1, 0.15) is 12.5 Å². The minimum absolute atomic E-state index is 0.667. The number of alkyl halides is 1. The maximum absolute atomic E-state index is 3.53. The van der Waals surface area contributed by atoms with Gasteiger partial charge in [-0.15, -0.1) is 0 Å². The second-order valence-electron chi connectivity index (χ2n) is 4.24. The van der Waals surface area contributed by atoms with Gasteiger partial charge in [-0.05, 0) is 24.5 Å². The molecule has 1 heterocycles. The van der Waals surface area contributed by atoms with Crippen LogP contribution in [0.2, 0.25) is 0 Å². The van der Waals surface area contributed by atoms with E-state index in [0.717, 1.165) is 11.9 Å². The summed E-state index contributed by atoms with van der Waals surface area (Å²) in [5, 5.41) is 2.43. The monoisotopic (exact) mass is 265 g/mol. The van der Waals surface area contributed by atoms with Gasteiger partial charge in [-0.2, -0.15) is 0 Å². The molecule has 0 aliphatic heterocycles. The van der Waals surface area contributed by atoms with E-state index in [-0.39, 0.29) is 0 Å². The maximum atomic E-state index is 3.53. The normalized spacial score (nSPS) is 13.3. The molecule has 1 nitrogen and oxygen atoms in total. The van der Waals surface area contributed by atoms with Crippen LogP contribution < -0.4 is 0 Å². The van der Waals surface area contributed by atoms with Gasteiger partial charge in [0.15, 0.2) is 0 Å². The summed E-state index contributed by atoms with van der Waals surface area (Å²) in [4.78, 5) is 0. The number of aromatic nitrogens is 1. The Labute approximate surface area is 99.2 Å². The molecule has 0 radical (unpaired) electrons. The van der Waals surface area contributed by atoms with Gasteiger partial charge in [-0.25, -0.2) is 0 Å². The van der Waals surface area contributed by atoms with Crippen LogP contribution >= 0.6 is 15.9 Å². The van der Waals surface area contributed by atoms with Crippen LogP contribution in [0.15, 0.2) is 30.5 Å². The molecule has 0 saturated carbocycles. The third kappa shape index (κ3) is 2.10. The van der Waals surface area contributed by atoms with Gasteiger partial charge in [0.25, 0.3) is 0 Å². The number of aryl methyl sites for hydroxylation is 1. The van der Waals surface area contributed by atoms with Gasteiger partial charge in [-0.3, -0.25) is 0 Å². The van der Waals surface area contributed by atoms with Gasteiger partial charge in [0, 0.05) is 29.0 Å². The first kappa shape index (κ1) is 10.7.